The van der Waals surface area contributed by atoms with E-state index in [2.05, 4.69) is 10.1 Å². The summed E-state index contributed by atoms with van der Waals surface area (Å²) in [4.78, 5) is 15.3. The summed E-state index contributed by atoms with van der Waals surface area (Å²) in [5.74, 6) is 0.0446. The van der Waals surface area contributed by atoms with Crippen molar-refractivity contribution in [3.8, 4) is 11.5 Å². The molecule has 3 heterocycles. The third-order valence-corrected chi connectivity index (χ3v) is 5.32. The van der Waals surface area contributed by atoms with E-state index in [0.717, 1.165) is 11.0 Å². The van der Waals surface area contributed by atoms with Gasteiger partial charge in [0.15, 0.2) is 11.5 Å². The first-order valence-electron chi connectivity index (χ1n) is 9.35. The van der Waals surface area contributed by atoms with E-state index in [1.54, 1.807) is 16.8 Å². The van der Waals surface area contributed by atoms with Crippen molar-refractivity contribution in [3.05, 3.63) is 98.6 Å². The van der Waals surface area contributed by atoms with Crippen LogP contribution in [0.4, 0.5) is 16.0 Å². The molecule has 0 aliphatic carbocycles. The Bertz CT molecular complexity index is 1490. The number of fused-ring (bicyclic) bond motifs is 1. The normalized spacial score (nSPS) is 12.2. The number of nitro groups is 1. The smallest absolute Gasteiger partial charge is 0.433 e. The summed E-state index contributed by atoms with van der Waals surface area (Å²) in [7, 11) is 0. The summed E-state index contributed by atoms with van der Waals surface area (Å²) in [6, 6.07) is 18.0. The number of nitrogens with zero attached hydrogens (tertiary/aromatic N) is 4. The van der Waals surface area contributed by atoms with Crippen LogP contribution in [-0.4, -0.2) is 15.8 Å². The van der Waals surface area contributed by atoms with Crippen molar-refractivity contribution in [2.24, 2.45) is 10.1 Å². The van der Waals surface area contributed by atoms with E-state index in [4.69, 9.17) is 8.83 Å². The van der Waals surface area contributed by atoms with Gasteiger partial charge in [0.1, 0.15) is 22.0 Å². The second-order valence-corrected chi connectivity index (χ2v) is 7.47. The van der Waals surface area contributed by atoms with Crippen LogP contribution in [0.15, 0.2) is 91.0 Å². The van der Waals surface area contributed by atoms with Crippen LogP contribution < -0.4 is 4.80 Å². The molecule has 0 radical (unpaired) electrons. The highest BCUT2D eigenvalue weighted by atomic mass is 32.1. The van der Waals surface area contributed by atoms with Gasteiger partial charge in [0.05, 0.1) is 18.0 Å². The molecule has 0 amide bonds. The Balaban J connectivity index is 1.63. The lowest BCUT2D eigenvalue weighted by molar-refractivity contribution is -0.402. The van der Waals surface area contributed by atoms with E-state index in [1.165, 1.54) is 41.8 Å². The highest BCUT2D eigenvalue weighted by Gasteiger charge is 2.14. The number of furan rings is 2. The van der Waals surface area contributed by atoms with Gasteiger partial charge in [0.25, 0.3) is 0 Å². The predicted molar refractivity (Wildman–Crippen MR) is 117 cm³/mol. The van der Waals surface area contributed by atoms with E-state index in [-0.39, 0.29) is 17.5 Å². The Labute approximate surface area is 183 Å². The molecule has 5 aromatic rings. The number of halogens is 1. The zero-order valence-electron chi connectivity index (χ0n) is 16.2. The first kappa shape index (κ1) is 19.6. The molecule has 10 heteroatoms. The number of para-hydroxylation sites is 1. The number of benzene rings is 2. The van der Waals surface area contributed by atoms with Crippen LogP contribution >= 0.6 is 11.3 Å². The number of hydrogen-bond donors (Lipinski definition) is 0. The third kappa shape index (κ3) is 3.86. The van der Waals surface area contributed by atoms with E-state index in [0.29, 0.717) is 21.9 Å². The molecule has 8 nitrogen and oxygen atoms in total. The molecule has 0 aliphatic heterocycles. The second-order valence-electron chi connectivity index (χ2n) is 6.63. The zero-order chi connectivity index (χ0) is 22.1. The second kappa shape index (κ2) is 8.08. The maximum atomic E-state index is 13.3. The van der Waals surface area contributed by atoms with Crippen LogP contribution in [0.2, 0.25) is 0 Å². The molecule has 5 rings (SSSR count). The highest BCUT2D eigenvalue weighted by Crippen LogP contribution is 2.28. The van der Waals surface area contributed by atoms with Crippen LogP contribution in [0, 0.1) is 15.9 Å². The van der Waals surface area contributed by atoms with E-state index in [1.807, 2.05) is 35.7 Å². The van der Waals surface area contributed by atoms with Crippen molar-refractivity contribution >= 4 is 40.1 Å². The highest BCUT2D eigenvalue weighted by molar-refractivity contribution is 7.07. The Morgan fingerprint density at radius 2 is 1.88 bits per heavy atom. The average molecular weight is 448 g/mol. The van der Waals surface area contributed by atoms with Crippen molar-refractivity contribution in [1.29, 1.82) is 0 Å². The molecule has 0 aliphatic rings. The maximum Gasteiger partial charge on any atom is 0.433 e. The number of hydrogen-bond acceptors (Lipinski definition) is 7. The van der Waals surface area contributed by atoms with Crippen LogP contribution in [-0.2, 0) is 0 Å². The third-order valence-electron chi connectivity index (χ3n) is 4.51. The summed E-state index contributed by atoms with van der Waals surface area (Å²) in [6.45, 7) is 0. The molecule has 0 unspecified atom stereocenters. The molecule has 3 aromatic heterocycles. The minimum atomic E-state index is -0.621. The van der Waals surface area contributed by atoms with Gasteiger partial charge in [-0.3, -0.25) is 10.1 Å². The molecular weight excluding hydrogens is 435 g/mol. The van der Waals surface area contributed by atoms with Crippen molar-refractivity contribution in [1.82, 2.24) is 4.68 Å². The quantitative estimate of drug-likeness (QED) is 0.195. The summed E-state index contributed by atoms with van der Waals surface area (Å²) in [6.07, 6.45) is 1.36. The Morgan fingerprint density at radius 3 is 2.62 bits per heavy atom. The summed E-state index contributed by atoms with van der Waals surface area (Å²) in [5, 5.41) is 18.1. The summed E-state index contributed by atoms with van der Waals surface area (Å²) < 4.78 is 25.9. The van der Waals surface area contributed by atoms with Gasteiger partial charge in [-0.2, -0.15) is 5.10 Å². The predicted octanol–water partition coefficient (Wildman–Crippen LogP) is 5.72. The fraction of sp³-hybridized carbons (Fsp3) is 0. The summed E-state index contributed by atoms with van der Waals surface area (Å²) in [5.41, 5.74) is 1.90. The summed E-state index contributed by atoms with van der Waals surface area (Å²) >= 11 is 1.32. The van der Waals surface area contributed by atoms with Crippen molar-refractivity contribution in [2.45, 2.75) is 0 Å². The van der Waals surface area contributed by atoms with E-state index in [9.17, 15) is 14.5 Å². The zero-order valence-corrected chi connectivity index (χ0v) is 17.0. The van der Waals surface area contributed by atoms with Crippen LogP contribution in [0.3, 0.4) is 0 Å². The fourth-order valence-corrected chi connectivity index (χ4v) is 3.85. The monoisotopic (exact) mass is 448 g/mol. The van der Waals surface area contributed by atoms with Gasteiger partial charge in [0.2, 0.25) is 4.80 Å². The first-order chi connectivity index (χ1) is 15.6. The first-order valence-corrected chi connectivity index (χ1v) is 10.2. The molecule has 0 N–H and O–H groups in total. The maximum absolute atomic E-state index is 13.3. The topological polar surface area (TPSA) is 99.1 Å². The Kier molecular flexibility index (Phi) is 4.96. The van der Waals surface area contributed by atoms with E-state index >= 15 is 0 Å². The van der Waals surface area contributed by atoms with Crippen molar-refractivity contribution in [2.75, 3.05) is 0 Å². The van der Waals surface area contributed by atoms with Gasteiger partial charge < -0.3 is 8.83 Å². The average Bonchev–Trinajstić information content (AvgIpc) is 3.51. The van der Waals surface area contributed by atoms with Gasteiger partial charge >= 0.3 is 5.88 Å². The molecule has 0 bridgehead atoms. The van der Waals surface area contributed by atoms with Gasteiger partial charge in [-0.05, 0) is 42.5 Å². The van der Waals surface area contributed by atoms with Gasteiger partial charge in [-0.15, -0.1) is 11.3 Å². The number of thiazole rings is 1. The molecule has 0 saturated heterocycles. The van der Waals surface area contributed by atoms with Crippen molar-refractivity contribution < 1.29 is 18.1 Å². The number of rotatable bonds is 5. The van der Waals surface area contributed by atoms with Gasteiger partial charge in [-0.25, -0.2) is 14.1 Å². The molecule has 0 atom stereocenters. The largest absolute Gasteiger partial charge is 0.454 e. The molecule has 0 saturated carbocycles. The van der Waals surface area contributed by atoms with E-state index < -0.39 is 4.92 Å². The molecule has 2 aromatic carbocycles. The minimum Gasteiger partial charge on any atom is -0.454 e. The lowest BCUT2D eigenvalue weighted by Crippen LogP contribution is -2.11. The van der Waals surface area contributed by atoms with Gasteiger partial charge in [0, 0.05) is 10.8 Å². The lowest BCUT2D eigenvalue weighted by Gasteiger charge is -2.00. The molecular formula is C22H13FN4O4S. The fourth-order valence-electron chi connectivity index (χ4n) is 3.02. The van der Waals surface area contributed by atoms with Gasteiger partial charge in [-0.1, -0.05) is 18.2 Å². The van der Waals surface area contributed by atoms with Crippen LogP contribution in [0.5, 0.6) is 0 Å². The standard InChI is InChI=1S/C22H13FN4O4S/c23-15-5-7-16(8-6-15)25-22-26(24-12-17-9-10-21(30-17)27(28)29)18(13-32-22)20-11-14-3-1-2-4-19(14)31-20/h1-13H. The van der Waals surface area contributed by atoms with Crippen molar-refractivity contribution in [3.63, 3.8) is 0 Å². The molecule has 0 spiro atoms. The lowest BCUT2D eigenvalue weighted by atomic mass is 10.2. The minimum absolute atomic E-state index is 0.207. The molecule has 0 fully saturated rings. The Morgan fingerprint density at radius 1 is 1.06 bits per heavy atom. The van der Waals surface area contributed by atoms with Crippen LogP contribution in [0.25, 0.3) is 22.4 Å². The van der Waals surface area contributed by atoms with Crippen LogP contribution in [0.1, 0.15) is 5.76 Å². The SMILES string of the molecule is O=[N+]([O-])c1ccc(C=Nn2c(-c3cc4ccccc4o3)csc2=Nc2ccc(F)cc2)o1. The molecule has 32 heavy (non-hydrogen) atoms. The molecule has 158 valence electrons. The Hall–Kier alpha value is -4.31. The number of aromatic nitrogens is 1.